The van der Waals surface area contributed by atoms with E-state index in [1.54, 1.807) is 20.8 Å². The third kappa shape index (κ3) is 6.40. The van der Waals surface area contributed by atoms with Gasteiger partial charge in [0.15, 0.2) is 0 Å². The second-order valence-electron chi connectivity index (χ2n) is 5.90. The Hall–Kier alpha value is -1.89. The van der Waals surface area contributed by atoms with E-state index in [1.807, 2.05) is 0 Å². The molecule has 128 valence electrons. The molecule has 1 unspecified atom stereocenters. The lowest BCUT2D eigenvalue weighted by molar-refractivity contribution is -0.138. The number of alkyl halides is 2. The Morgan fingerprint density at radius 1 is 1.35 bits per heavy atom. The lowest BCUT2D eigenvalue weighted by Gasteiger charge is -2.21. The highest BCUT2D eigenvalue weighted by Gasteiger charge is 2.26. The molecule has 8 heteroatoms. The molecule has 23 heavy (non-hydrogen) atoms. The lowest BCUT2D eigenvalue weighted by Crippen LogP contribution is -2.27. The molecule has 2 N–H and O–H groups in total. The van der Waals surface area contributed by atoms with Gasteiger partial charge in [0.05, 0.1) is 23.0 Å². The number of benzene rings is 1. The minimum absolute atomic E-state index is 0.0675. The van der Waals surface area contributed by atoms with Gasteiger partial charge in [0.1, 0.15) is 5.60 Å². The van der Waals surface area contributed by atoms with Crippen molar-refractivity contribution < 1.29 is 28.2 Å². The number of nitrogens with one attached hydrogen (secondary N) is 1. The number of hydrogen-bond donors (Lipinski definition) is 2. The molecule has 0 saturated heterocycles. The summed E-state index contributed by atoms with van der Waals surface area (Å²) in [6.07, 6.45) is -4.38. The van der Waals surface area contributed by atoms with Crippen LogP contribution in [0.15, 0.2) is 18.2 Å². The van der Waals surface area contributed by atoms with E-state index in [-0.39, 0.29) is 16.3 Å². The number of ether oxygens (including phenoxy) is 1. The van der Waals surface area contributed by atoms with Crippen LogP contribution in [-0.2, 0) is 9.53 Å². The van der Waals surface area contributed by atoms with Crippen molar-refractivity contribution in [3.05, 3.63) is 28.8 Å². The third-order valence-electron chi connectivity index (χ3n) is 2.75. The van der Waals surface area contributed by atoms with E-state index in [0.717, 1.165) is 0 Å². The van der Waals surface area contributed by atoms with Gasteiger partial charge >= 0.3 is 12.1 Å². The number of amides is 1. The topological polar surface area (TPSA) is 75.6 Å². The smallest absolute Gasteiger partial charge is 0.412 e. The Kier molecular flexibility index (Phi) is 6.32. The Labute approximate surface area is 137 Å². The van der Waals surface area contributed by atoms with Crippen LogP contribution in [0.3, 0.4) is 0 Å². The summed E-state index contributed by atoms with van der Waals surface area (Å²) in [4.78, 5) is 22.5. The summed E-state index contributed by atoms with van der Waals surface area (Å²) < 4.78 is 31.2. The summed E-state index contributed by atoms with van der Waals surface area (Å²) in [5.74, 6) is -2.84. The first-order valence-corrected chi connectivity index (χ1v) is 7.17. The molecular weight excluding hydrogens is 332 g/mol. The number of halogens is 3. The summed E-state index contributed by atoms with van der Waals surface area (Å²) in [6, 6.07) is 3.86. The number of carboxylic acids is 1. The zero-order chi connectivity index (χ0) is 17.8. The van der Waals surface area contributed by atoms with Crippen LogP contribution in [-0.4, -0.2) is 29.2 Å². The van der Waals surface area contributed by atoms with Crippen molar-refractivity contribution in [3.8, 4) is 0 Å². The first kappa shape index (κ1) is 19.2. The van der Waals surface area contributed by atoms with Crippen molar-refractivity contribution in [1.82, 2.24) is 0 Å². The summed E-state index contributed by atoms with van der Waals surface area (Å²) in [5.41, 5.74) is -0.587. The molecule has 0 fully saturated rings. The van der Waals surface area contributed by atoms with Crippen LogP contribution in [0.5, 0.6) is 0 Å². The molecule has 0 heterocycles. The van der Waals surface area contributed by atoms with E-state index in [4.69, 9.17) is 21.4 Å². The molecule has 0 aromatic heterocycles. The Bertz CT molecular complexity index is 587. The monoisotopic (exact) mass is 349 g/mol. The molecule has 1 atom stereocenters. The van der Waals surface area contributed by atoms with Crippen molar-refractivity contribution in [2.24, 2.45) is 0 Å². The van der Waals surface area contributed by atoms with Crippen molar-refractivity contribution in [2.45, 2.75) is 45.1 Å². The van der Waals surface area contributed by atoms with Gasteiger partial charge < -0.3 is 9.84 Å². The number of carbonyl (C=O) groups excluding carboxylic acids is 1. The van der Waals surface area contributed by atoms with E-state index < -0.39 is 36.4 Å². The second kappa shape index (κ2) is 7.59. The summed E-state index contributed by atoms with van der Waals surface area (Å²) >= 11 is 5.93. The first-order valence-electron chi connectivity index (χ1n) is 6.79. The van der Waals surface area contributed by atoms with Crippen molar-refractivity contribution >= 4 is 29.4 Å². The minimum atomic E-state index is -2.86. The fourth-order valence-electron chi connectivity index (χ4n) is 1.82. The van der Waals surface area contributed by atoms with Crippen LogP contribution in [0.25, 0.3) is 0 Å². The van der Waals surface area contributed by atoms with Gasteiger partial charge in [-0.3, -0.25) is 10.1 Å². The van der Waals surface area contributed by atoms with E-state index in [2.05, 4.69) is 5.32 Å². The molecule has 0 saturated carbocycles. The maximum absolute atomic E-state index is 13.1. The van der Waals surface area contributed by atoms with E-state index in [1.165, 1.54) is 18.2 Å². The molecule has 1 rings (SSSR count). The third-order valence-corrected chi connectivity index (χ3v) is 3.08. The van der Waals surface area contributed by atoms with Gasteiger partial charge in [-0.05, 0) is 38.5 Å². The summed E-state index contributed by atoms with van der Waals surface area (Å²) in [7, 11) is 0. The van der Waals surface area contributed by atoms with Gasteiger partial charge in [0, 0.05) is 0 Å². The molecule has 0 radical (unpaired) electrons. The largest absolute Gasteiger partial charge is 0.481 e. The van der Waals surface area contributed by atoms with Gasteiger partial charge in [-0.2, -0.15) is 0 Å². The molecule has 0 bridgehead atoms. The molecular formula is C15H18ClF2NO4. The van der Waals surface area contributed by atoms with Gasteiger partial charge in [-0.15, -0.1) is 0 Å². The molecule has 5 nitrogen and oxygen atoms in total. The average molecular weight is 350 g/mol. The molecule has 1 aromatic rings. The highest BCUT2D eigenvalue weighted by Crippen LogP contribution is 2.32. The van der Waals surface area contributed by atoms with Crippen LogP contribution in [0, 0.1) is 0 Å². The lowest BCUT2D eigenvalue weighted by atomic mass is 9.96. The standard InChI is InChI=1S/C15H18ClF2NO4/c1-15(2,3)23-14(22)19-11-6-8(4-5-10(11)16)9(13(17)18)7-12(20)21/h4-6,9,13H,7H2,1-3H3,(H,19,22)(H,20,21). The molecule has 0 spiro atoms. The Balaban J connectivity index is 3.02. The van der Waals surface area contributed by atoms with Gasteiger partial charge in [0.25, 0.3) is 0 Å². The fraction of sp³-hybridized carbons (Fsp3) is 0.467. The van der Waals surface area contributed by atoms with Gasteiger partial charge in [-0.25, -0.2) is 13.6 Å². The van der Waals surface area contributed by atoms with Crippen LogP contribution in [0.4, 0.5) is 19.3 Å². The van der Waals surface area contributed by atoms with Crippen LogP contribution < -0.4 is 5.32 Å². The van der Waals surface area contributed by atoms with Crippen molar-refractivity contribution in [3.63, 3.8) is 0 Å². The quantitative estimate of drug-likeness (QED) is 0.820. The summed E-state index contributed by atoms with van der Waals surface area (Å²) in [6.45, 7) is 5.01. The molecule has 0 aliphatic rings. The maximum atomic E-state index is 13.1. The number of carbonyl (C=O) groups is 2. The zero-order valence-electron chi connectivity index (χ0n) is 12.9. The van der Waals surface area contributed by atoms with Crippen LogP contribution >= 0.6 is 11.6 Å². The minimum Gasteiger partial charge on any atom is -0.481 e. The second-order valence-corrected chi connectivity index (χ2v) is 6.31. The van der Waals surface area contributed by atoms with E-state index in [9.17, 15) is 18.4 Å². The average Bonchev–Trinajstić information content (AvgIpc) is 2.36. The maximum Gasteiger partial charge on any atom is 0.412 e. The highest BCUT2D eigenvalue weighted by molar-refractivity contribution is 6.33. The Morgan fingerprint density at radius 2 is 1.96 bits per heavy atom. The number of anilines is 1. The van der Waals surface area contributed by atoms with Crippen molar-refractivity contribution in [1.29, 1.82) is 0 Å². The van der Waals surface area contributed by atoms with Crippen molar-refractivity contribution in [2.75, 3.05) is 5.32 Å². The normalized spacial score (nSPS) is 12.8. The number of carboxylic acid groups (broad SMARTS) is 1. The van der Waals surface area contributed by atoms with Crippen LogP contribution in [0.1, 0.15) is 38.7 Å². The number of hydrogen-bond acceptors (Lipinski definition) is 3. The van der Waals surface area contributed by atoms with Gasteiger partial charge in [0.2, 0.25) is 6.43 Å². The number of rotatable bonds is 5. The molecule has 1 aromatic carbocycles. The summed E-state index contributed by atoms with van der Waals surface area (Å²) in [5, 5.41) is 11.2. The predicted molar refractivity (Wildman–Crippen MR) is 82.3 cm³/mol. The molecule has 0 aliphatic heterocycles. The zero-order valence-corrected chi connectivity index (χ0v) is 13.7. The van der Waals surface area contributed by atoms with Gasteiger partial charge in [-0.1, -0.05) is 17.7 Å². The Morgan fingerprint density at radius 3 is 2.43 bits per heavy atom. The first-order chi connectivity index (χ1) is 10.5. The highest BCUT2D eigenvalue weighted by atomic mass is 35.5. The van der Waals surface area contributed by atoms with E-state index in [0.29, 0.717) is 0 Å². The van der Waals surface area contributed by atoms with E-state index >= 15 is 0 Å². The fourth-order valence-corrected chi connectivity index (χ4v) is 1.99. The van der Waals surface area contributed by atoms with Crippen LogP contribution in [0.2, 0.25) is 5.02 Å². The predicted octanol–water partition coefficient (Wildman–Crippen LogP) is 4.51. The molecule has 0 aliphatic carbocycles. The number of aliphatic carboxylic acids is 1. The SMILES string of the molecule is CC(C)(C)OC(=O)Nc1cc(C(CC(=O)O)C(F)F)ccc1Cl. The molecule has 1 amide bonds.